The van der Waals surface area contributed by atoms with Crippen LogP contribution < -0.4 is 9.47 Å². The Morgan fingerprint density at radius 3 is 2.77 bits per heavy atom. The van der Waals surface area contributed by atoms with Crippen molar-refractivity contribution in [2.75, 3.05) is 21.3 Å². The topological polar surface area (TPSA) is 71.8 Å². The highest BCUT2D eigenvalue weighted by molar-refractivity contribution is 6.30. The molecule has 0 saturated heterocycles. The van der Waals surface area contributed by atoms with Crippen LogP contribution in [0.1, 0.15) is 35.6 Å². The summed E-state index contributed by atoms with van der Waals surface area (Å²) in [5.41, 5.74) is 3.03. The second-order valence-electron chi connectivity index (χ2n) is 6.72. The summed E-state index contributed by atoms with van der Waals surface area (Å²) in [6.45, 7) is 0. The molecule has 8 heteroatoms. The number of fused-ring (bicyclic) bond motifs is 3. The molecule has 30 heavy (non-hydrogen) atoms. The van der Waals surface area contributed by atoms with Gasteiger partial charge in [-0.05, 0) is 30.3 Å². The predicted molar refractivity (Wildman–Crippen MR) is 110 cm³/mol. The van der Waals surface area contributed by atoms with Crippen LogP contribution in [0, 0.1) is 0 Å². The van der Waals surface area contributed by atoms with Crippen LogP contribution in [0.2, 0.25) is 5.02 Å². The van der Waals surface area contributed by atoms with Crippen molar-refractivity contribution in [1.82, 2.24) is 9.55 Å². The van der Waals surface area contributed by atoms with Gasteiger partial charge in [0, 0.05) is 29.0 Å². The lowest BCUT2D eigenvalue weighted by molar-refractivity contribution is -0.145. The SMILES string of the molecule is COC(=O)CC1OC(c2nccc(OC)c2OC)c2cc(Cl)ccc2-n2cccc21. The number of benzene rings is 1. The van der Waals surface area contributed by atoms with Crippen molar-refractivity contribution in [2.24, 2.45) is 0 Å². The molecule has 4 rings (SSSR count). The van der Waals surface area contributed by atoms with Crippen LogP contribution in [0.25, 0.3) is 5.69 Å². The van der Waals surface area contributed by atoms with Crippen LogP contribution in [0.4, 0.5) is 0 Å². The first-order valence-corrected chi connectivity index (χ1v) is 9.71. The molecule has 2 atom stereocenters. The van der Waals surface area contributed by atoms with Crippen LogP contribution >= 0.6 is 11.6 Å². The van der Waals surface area contributed by atoms with Gasteiger partial charge in [-0.15, -0.1) is 0 Å². The Labute approximate surface area is 179 Å². The van der Waals surface area contributed by atoms with Gasteiger partial charge >= 0.3 is 5.97 Å². The quantitative estimate of drug-likeness (QED) is 0.565. The van der Waals surface area contributed by atoms with Crippen LogP contribution in [-0.4, -0.2) is 36.8 Å². The van der Waals surface area contributed by atoms with Gasteiger partial charge in [0.1, 0.15) is 17.9 Å². The lowest BCUT2D eigenvalue weighted by Gasteiger charge is -2.24. The molecule has 3 heterocycles. The number of hydrogen-bond acceptors (Lipinski definition) is 6. The Hall–Kier alpha value is -3.03. The molecular formula is C22H21ClN2O5. The largest absolute Gasteiger partial charge is 0.493 e. The van der Waals surface area contributed by atoms with E-state index in [4.69, 9.17) is 30.5 Å². The molecule has 0 bridgehead atoms. The fraction of sp³-hybridized carbons (Fsp3) is 0.273. The van der Waals surface area contributed by atoms with E-state index in [2.05, 4.69) is 4.98 Å². The molecule has 1 aliphatic rings. The lowest BCUT2D eigenvalue weighted by Crippen LogP contribution is -2.16. The molecule has 0 spiro atoms. The van der Waals surface area contributed by atoms with E-state index in [0.717, 1.165) is 16.9 Å². The van der Waals surface area contributed by atoms with Crippen LogP contribution in [0.15, 0.2) is 48.8 Å². The first kappa shape index (κ1) is 20.3. The number of pyridine rings is 1. The van der Waals surface area contributed by atoms with Gasteiger partial charge in [-0.2, -0.15) is 0 Å². The van der Waals surface area contributed by atoms with E-state index in [9.17, 15) is 4.79 Å². The summed E-state index contributed by atoms with van der Waals surface area (Å²) >= 11 is 6.34. The van der Waals surface area contributed by atoms with E-state index in [1.165, 1.54) is 7.11 Å². The molecule has 0 aliphatic carbocycles. The normalized spacial score (nSPS) is 17.5. The fourth-order valence-corrected chi connectivity index (χ4v) is 3.92. The molecule has 2 aromatic heterocycles. The second-order valence-corrected chi connectivity index (χ2v) is 7.16. The highest BCUT2D eigenvalue weighted by Crippen LogP contribution is 2.45. The molecule has 7 nitrogen and oxygen atoms in total. The lowest BCUT2D eigenvalue weighted by atomic mass is 10.0. The number of carbonyl (C=O) groups excluding carboxylic acids is 1. The average Bonchev–Trinajstić information content (AvgIpc) is 3.21. The summed E-state index contributed by atoms with van der Waals surface area (Å²) < 4.78 is 24.4. The predicted octanol–water partition coefficient (Wildman–Crippen LogP) is 4.27. The minimum atomic E-state index is -0.654. The van der Waals surface area contributed by atoms with Gasteiger partial charge < -0.3 is 23.5 Å². The maximum absolute atomic E-state index is 12.1. The van der Waals surface area contributed by atoms with Crippen molar-refractivity contribution in [1.29, 1.82) is 0 Å². The molecule has 1 aliphatic heterocycles. The van der Waals surface area contributed by atoms with Crippen LogP contribution in [0.5, 0.6) is 11.5 Å². The number of rotatable bonds is 5. The highest BCUT2D eigenvalue weighted by Gasteiger charge is 2.34. The zero-order valence-electron chi connectivity index (χ0n) is 16.8. The Balaban J connectivity index is 1.93. The molecule has 0 radical (unpaired) electrons. The highest BCUT2D eigenvalue weighted by atomic mass is 35.5. The maximum Gasteiger partial charge on any atom is 0.308 e. The first-order valence-electron chi connectivity index (χ1n) is 9.33. The number of nitrogens with zero attached hydrogens (tertiary/aromatic N) is 2. The molecule has 0 amide bonds. The summed E-state index contributed by atoms with van der Waals surface area (Å²) in [6, 6.07) is 11.1. The van der Waals surface area contributed by atoms with E-state index >= 15 is 0 Å². The number of ether oxygens (including phenoxy) is 4. The van der Waals surface area contributed by atoms with Gasteiger partial charge in [0.2, 0.25) is 0 Å². The van der Waals surface area contributed by atoms with E-state index in [1.54, 1.807) is 26.5 Å². The van der Waals surface area contributed by atoms with Crippen molar-refractivity contribution >= 4 is 17.6 Å². The standard InChI is InChI=1S/C22H21ClN2O5/c1-27-17-8-9-24-20(22(17)29-3)21-14-11-13(23)6-7-15(14)25-10-4-5-16(25)18(30-21)12-19(26)28-2/h4-11,18,21H,12H2,1-3H3. The number of esters is 1. The van der Waals surface area contributed by atoms with Gasteiger partial charge in [-0.25, -0.2) is 0 Å². The maximum atomic E-state index is 12.1. The third-order valence-electron chi connectivity index (χ3n) is 5.09. The van der Waals surface area contributed by atoms with Gasteiger partial charge in [0.15, 0.2) is 11.5 Å². The van der Waals surface area contributed by atoms with E-state index in [1.807, 2.05) is 41.1 Å². The first-order chi connectivity index (χ1) is 14.6. The molecule has 1 aromatic carbocycles. The van der Waals surface area contributed by atoms with E-state index in [0.29, 0.717) is 22.2 Å². The molecule has 156 valence electrons. The second kappa shape index (κ2) is 8.38. The van der Waals surface area contributed by atoms with Crippen molar-refractivity contribution in [3.8, 4) is 17.2 Å². The third kappa shape index (κ3) is 3.51. The summed E-state index contributed by atoms with van der Waals surface area (Å²) in [5.74, 6) is 0.614. The summed E-state index contributed by atoms with van der Waals surface area (Å²) in [7, 11) is 4.47. The Kier molecular flexibility index (Phi) is 5.65. The fourth-order valence-electron chi connectivity index (χ4n) is 3.74. The molecule has 0 N–H and O–H groups in total. The molecular weight excluding hydrogens is 408 g/mol. The zero-order valence-corrected chi connectivity index (χ0v) is 17.6. The van der Waals surface area contributed by atoms with E-state index < -0.39 is 12.2 Å². The zero-order chi connectivity index (χ0) is 21.3. The molecule has 2 unspecified atom stereocenters. The number of halogens is 1. The Bertz CT molecular complexity index is 1080. The monoisotopic (exact) mass is 428 g/mol. The number of methoxy groups -OCH3 is 3. The van der Waals surface area contributed by atoms with Crippen molar-refractivity contribution < 1.29 is 23.7 Å². The minimum absolute atomic E-state index is 0.0466. The van der Waals surface area contributed by atoms with Crippen LogP contribution in [0.3, 0.4) is 0 Å². The van der Waals surface area contributed by atoms with Gasteiger partial charge in [0.05, 0.1) is 39.1 Å². The Morgan fingerprint density at radius 1 is 1.20 bits per heavy atom. The van der Waals surface area contributed by atoms with E-state index in [-0.39, 0.29) is 12.4 Å². The van der Waals surface area contributed by atoms with Crippen LogP contribution in [-0.2, 0) is 14.3 Å². The van der Waals surface area contributed by atoms with Gasteiger partial charge in [-0.1, -0.05) is 11.6 Å². The number of carbonyl (C=O) groups is 1. The smallest absolute Gasteiger partial charge is 0.308 e. The van der Waals surface area contributed by atoms with Crippen molar-refractivity contribution in [3.05, 3.63) is 70.8 Å². The molecule has 3 aromatic rings. The van der Waals surface area contributed by atoms with Crippen molar-refractivity contribution in [2.45, 2.75) is 18.6 Å². The number of aromatic nitrogens is 2. The molecule has 0 saturated carbocycles. The summed E-state index contributed by atoms with van der Waals surface area (Å²) in [5, 5.41) is 0.560. The minimum Gasteiger partial charge on any atom is -0.493 e. The van der Waals surface area contributed by atoms with Crippen molar-refractivity contribution in [3.63, 3.8) is 0 Å². The number of hydrogen-bond donors (Lipinski definition) is 0. The van der Waals surface area contributed by atoms with Gasteiger partial charge in [-0.3, -0.25) is 9.78 Å². The third-order valence-corrected chi connectivity index (χ3v) is 5.33. The summed E-state index contributed by atoms with van der Waals surface area (Å²) in [6.07, 6.45) is 2.38. The molecule has 0 fully saturated rings. The summed E-state index contributed by atoms with van der Waals surface area (Å²) in [4.78, 5) is 16.7. The Morgan fingerprint density at radius 2 is 2.03 bits per heavy atom. The average molecular weight is 429 g/mol. The van der Waals surface area contributed by atoms with Gasteiger partial charge in [0.25, 0.3) is 0 Å².